The third-order valence-corrected chi connectivity index (χ3v) is 5.74. The van der Waals surface area contributed by atoms with Crippen molar-refractivity contribution in [2.45, 2.75) is 25.3 Å². The summed E-state index contributed by atoms with van der Waals surface area (Å²) in [5, 5.41) is 8.93. The minimum absolute atomic E-state index is 0.0878. The highest BCUT2D eigenvalue weighted by molar-refractivity contribution is 7.99. The number of rotatable bonds is 4. The van der Waals surface area contributed by atoms with Gasteiger partial charge >= 0.3 is 11.8 Å². The molecule has 2 aliphatic heterocycles. The van der Waals surface area contributed by atoms with Gasteiger partial charge in [0, 0.05) is 31.2 Å². The molecule has 0 spiro atoms. The maximum atomic E-state index is 12.2. The molecule has 0 bridgehead atoms. The number of aromatic nitrogens is 1. The zero-order chi connectivity index (χ0) is 17.7. The van der Waals surface area contributed by atoms with Crippen LogP contribution in [0, 0.1) is 6.92 Å². The van der Waals surface area contributed by atoms with E-state index >= 15 is 0 Å². The molecule has 8 nitrogen and oxygen atoms in total. The van der Waals surface area contributed by atoms with Crippen molar-refractivity contribution in [2.24, 2.45) is 0 Å². The number of anilines is 1. The molecule has 0 unspecified atom stereocenters. The number of nitrogens with zero attached hydrogens (tertiary/aromatic N) is 2. The average molecular weight is 368 g/mol. The lowest BCUT2D eigenvalue weighted by molar-refractivity contribution is -0.136. The second kappa shape index (κ2) is 8.20. The van der Waals surface area contributed by atoms with E-state index < -0.39 is 11.8 Å². The third-order valence-electron chi connectivity index (χ3n) is 4.76. The lowest BCUT2D eigenvalue weighted by atomic mass is 9.89. The van der Waals surface area contributed by atoms with Crippen molar-refractivity contribution in [3.8, 4) is 0 Å². The Bertz CT molecular complexity index is 609. The normalized spacial score (nSPS) is 20.8. The predicted octanol–water partition coefficient (Wildman–Crippen LogP) is 0.636. The van der Waals surface area contributed by atoms with Crippen LogP contribution in [0.3, 0.4) is 0 Å². The van der Waals surface area contributed by atoms with Gasteiger partial charge in [0.2, 0.25) is 0 Å². The lowest BCUT2D eigenvalue weighted by Crippen LogP contribution is -2.61. The Balaban J connectivity index is 1.58. The van der Waals surface area contributed by atoms with E-state index in [1.807, 2.05) is 11.8 Å². The molecule has 2 saturated heterocycles. The zero-order valence-corrected chi connectivity index (χ0v) is 15.2. The van der Waals surface area contributed by atoms with Crippen LogP contribution in [-0.4, -0.2) is 71.8 Å². The molecule has 25 heavy (non-hydrogen) atoms. The number of morpholine rings is 1. The molecule has 3 heterocycles. The van der Waals surface area contributed by atoms with Crippen molar-refractivity contribution < 1.29 is 18.8 Å². The molecule has 0 atom stereocenters. The molecule has 1 aromatic heterocycles. The van der Waals surface area contributed by atoms with Gasteiger partial charge in [-0.15, -0.1) is 0 Å². The summed E-state index contributed by atoms with van der Waals surface area (Å²) in [6, 6.07) is 1.57. The van der Waals surface area contributed by atoms with Crippen molar-refractivity contribution in [1.82, 2.24) is 15.4 Å². The summed E-state index contributed by atoms with van der Waals surface area (Å²) >= 11 is 1.94. The highest BCUT2D eigenvalue weighted by Crippen LogP contribution is 2.32. The smallest absolute Gasteiger partial charge is 0.314 e. The van der Waals surface area contributed by atoms with Crippen LogP contribution in [0.25, 0.3) is 0 Å². The van der Waals surface area contributed by atoms with Crippen molar-refractivity contribution >= 4 is 29.4 Å². The van der Waals surface area contributed by atoms with E-state index in [-0.39, 0.29) is 11.4 Å². The van der Waals surface area contributed by atoms with Crippen LogP contribution in [0.5, 0.6) is 0 Å². The van der Waals surface area contributed by atoms with E-state index in [0.29, 0.717) is 12.3 Å². The second-order valence-corrected chi connectivity index (χ2v) is 7.62. The van der Waals surface area contributed by atoms with Crippen LogP contribution in [0.2, 0.25) is 0 Å². The van der Waals surface area contributed by atoms with Gasteiger partial charge in [-0.1, -0.05) is 5.16 Å². The number of carbonyl (C=O) groups excluding carboxylic acids is 2. The highest BCUT2D eigenvalue weighted by atomic mass is 32.2. The fourth-order valence-electron chi connectivity index (χ4n) is 3.32. The number of nitrogens with one attached hydrogen (secondary N) is 2. The summed E-state index contributed by atoms with van der Waals surface area (Å²) in [6.45, 7) is 5.35. The Morgan fingerprint density at radius 2 is 2.00 bits per heavy atom. The molecule has 2 aliphatic rings. The van der Waals surface area contributed by atoms with E-state index in [2.05, 4.69) is 20.7 Å². The summed E-state index contributed by atoms with van der Waals surface area (Å²) < 4.78 is 10.3. The van der Waals surface area contributed by atoms with Gasteiger partial charge < -0.3 is 14.6 Å². The van der Waals surface area contributed by atoms with Gasteiger partial charge in [-0.2, -0.15) is 11.8 Å². The molecule has 3 rings (SSSR count). The maximum Gasteiger partial charge on any atom is 0.314 e. The molecule has 2 amide bonds. The summed E-state index contributed by atoms with van der Waals surface area (Å²) in [7, 11) is 0. The lowest BCUT2D eigenvalue weighted by Gasteiger charge is -2.47. The monoisotopic (exact) mass is 368 g/mol. The van der Waals surface area contributed by atoms with E-state index in [1.165, 1.54) is 0 Å². The topological polar surface area (TPSA) is 96.7 Å². The van der Waals surface area contributed by atoms with Crippen molar-refractivity contribution in [2.75, 3.05) is 49.7 Å². The van der Waals surface area contributed by atoms with Crippen LogP contribution in [0.4, 0.5) is 5.82 Å². The number of aryl methyl sites for hydroxylation is 1. The summed E-state index contributed by atoms with van der Waals surface area (Å²) in [6.07, 6.45) is 2.00. The first kappa shape index (κ1) is 18.2. The SMILES string of the molecule is Cc1cc(NC(=O)C(=O)NCC2(N3CCOCC3)CCSCC2)no1. The minimum Gasteiger partial charge on any atom is -0.379 e. The number of amides is 2. The number of hydrogen-bond donors (Lipinski definition) is 2. The number of hydrogen-bond acceptors (Lipinski definition) is 7. The van der Waals surface area contributed by atoms with Crippen LogP contribution in [0.1, 0.15) is 18.6 Å². The van der Waals surface area contributed by atoms with Crippen LogP contribution in [-0.2, 0) is 14.3 Å². The fourth-order valence-corrected chi connectivity index (χ4v) is 4.57. The van der Waals surface area contributed by atoms with Gasteiger partial charge in [-0.25, -0.2) is 0 Å². The fraction of sp³-hybridized carbons (Fsp3) is 0.688. The largest absolute Gasteiger partial charge is 0.379 e. The van der Waals surface area contributed by atoms with Gasteiger partial charge in [0.15, 0.2) is 5.82 Å². The molecular weight excluding hydrogens is 344 g/mol. The molecule has 0 radical (unpaired) electrons. The summed E-state index contributed by atoms with van der Waals surface area (Å²) in [5.41, 5.74) is -0.0878. The van der Waals surface area contributed by atoms with E-state index in [0.717, 1.165) is 50.7 Å². The molecule has 9 heteroatoms. The quantitative estimate of drug-likeness (QED) is 0.753. The van der Waals surface area contributed by atoms with Gasteiger partial charge in [0.1, 0.15) is 5.76 Å². The average Bonchev–Trinajstić information content (AvgIpc) is 3.06. The number of ether oxygens (including phenoxy) is 1. The third kappa shape index (κ3) is 4.53. The minimum atomic E-state index is -0.726. The second-order valence-electron chi connectivity index (χ2n) is 6.40. The van der Waals surface area contributed by atoms with E-state index in [1.54, 1.807) is 13.0 Å². The number of carbonyl (C=O) groups is 2. The van der Waals surface area contributed by atoms with Crippen LogP contribution < -0.4 is 10.6 Å². The standard InChI is InChI=1S/C16H24N4O4S/c1-12-10-13(19-24-12)18-15(22)14(21)17-11-16(2-8-25-9-3-16)20-4-6-23-7-5-20/h10H,2-9,11H2,1H3,(H,17,21)(H,18,19,22). The molecule has 0 saturated carbocycles. The first-order valence-electron chi connectivity index (χ1n) is 8.52. The maximum absolute atomic E-state index is 12.2. The predicted molar refractivity (Wildman–Crippen MR) is 94.6 cm³/mol. The molecule has 1 aromatic rings. The molecule has 2 fully saturated rings. The van der Waals surface area contributed by atoms with Crippen molar-refractivity contribution in [1.29, 1.82) is 0 Å². The molecule has 0 aromatic carbocycles. The van der Waals surface area contributed by atoms with Crippen LogP contribution >= 0.6 is 11.8 Å². The zero-order valence-electron chi connectivity index (χ0n) is 14.4. The Kier molecular flexibility index (Phi) is 5.98. The Morgan fingerprint density at radius 3 is 2.64 bits per heavy atom. The first-order chi connectivity index (χ1) is 12.1. The van der Waals surface area contributed by atoms with Gasteiger partial charge in [-0.3, -0.25) is 19.8 Å². The first-order valence-corrected chi connectivity index (χ1v) is 9.68. The molecule has 2 N–H and O–H groups in total. The molecular formula is C16H24N4O4S. The van der Waals surface area contributed by atoms with Crippen LogP contribution in [0.15, 0.2) is 10.6 Å². The van der Waals surface area contributed by atoms with E-state index in [9.17, 15) is 9.59 Å². The summed E-state index contributed by atoms with van der Waals surface area (Å²) in [4.78, 5) is 26.6. The highest BCUT2D eigenvalue weighted by Gasteiger charge is 2.39. The number of thioether (sulfide) groups is 1. The van der Waals surface area contributed by atoms with Gasteiger partial charge in [0.05, 0.1) is 13.2 Å². The Hall–Kier alpha value is -1.58. The molecule has 0 aliphatic carbocycles. The molecule has 138 valence electrons. The van der Waals surface area contributed by atoms with Gasteiger partial charge in [0.25, 0.3) is 0 Å². The van der Waals surface area contributed by atoms with E-state index in [4.69, 9.17) is 9.26 Å². The van der Waals surface area contributed by atoms with Crippen molar-refractivity contribution in [3.05, 3.63) is 11.8 Å². The summed E-state index contributed by atoms with van der Waals surface area (Å²) in [5.74, 6) is 1.58. The Morgan fingerprint density at radius 1 is 1.28 bits per heavy atom. The van der Waals surface area contributed by atoms with Gasteiger partial charge in [-0.05, 0) is 31.3 Å². The van der Waals surface area contributed by atoms with Crippen molar-refractivity contribution in [3.63, 3.8) is 0 Å². The Labute approximate surface area is 151 Å².